The molecule has 3 rings (SSSR count). The van der Waals surface area contributed by atoms with E-state index in [1.807, 2.05) is 27.7 Å². The van der Waals surface area contributed by atoms with E-state index in [1.165, 1.54) is 18.4 Å². The van der Waals surface area contributed by atoms with Crippen molar-refractivity contribution < 1.29 is 4.79 Å². The smallest absolute Gasteiger partial charge is 0.318 e. The van der Waals surface area contributed by atoms with Gasteiger partial charge in [-0.15, -0.1) is 11.3 Å². The van der Waals surface area contributed by atoms with Gasteiger partial charge in [-0.05, 0) is 58.9 Å². The lowest BCUT2D eigenvalue weighted by molar-refractivity contribution is 0.192. The molecule has 26 heavy (non-hydrogen) atoms. The highest BCUT2D eigenvalue weighted by Gasteiger charge is 2.22. The number of fused-ring (bicyclic) bond motifs is 1. The van der Waals surface area contributed by atoms with Crippen LogP contribution in [0.1, 0.15) is 64.2 Å². The average molecular weight is 374 g/mol. The second kappa shape index (κ2) is 7.70. The molecule has 1 N–H and O–H groups in total. The fourth-order valence-electron chi connectivity index (χ4n) is 3.49. The summed E-state index contributed by atoms with van der Waals surface area (Å²) in [5.74, 6) is 0.693. The second-order valence-corrected chi connectivity index (χ2v) is 8.38. The van der Waals surface area contributed by atoms with Gasteiger partial charge in [0.2, 0.25) is 0 Å². The first-order valence-corrected chi connectivity index (χ1v) is 9.98. The predicted molar refractivity (Wildman–Crippen MR) is 103 cm³/mol. The van der Waals surface area contributed by atoms with Gasteiger partial charge in [-0.1, -0.05) is 0 Å². The number of hydrogen-bond donors (Lipinski definition) is 1. The van der Waals surface area contributed by atoms with Gasteiger partial charge in [0, 0.05) is 23.3 Å². The Hall–Kier alpha value is -2.02. The highest BCUT2D eigenvalue weighted by Crippen LogP contribution is 2.26. The summed E-state index contributed by atoms with van der Waals surface area (Å²) in [7, 11) is 1.80. The SMILES string of the molecule is Cc1nc(C(C)N(C)C(=O)NCc2nc(C)c3c(n2)CCCC3)c(C)s1. The monoisotopic (exact) mass is 373 g/mol. The van der Waals surface area contributed by atoms with E-state index in [2.05, 4.69) is 20.3 Å². The quantitative estimate of drug-likeness (QED) is 0.888. The maximum absolute atomic E-state index is 12.6. The molecule has 1 aliphatic rings. The van der Waals surface area contributed by atoms with Crippen LogP contribution in [0.2, 0.25) is 0 Å². The first-order valence-electron chi connectivity index (χ1n) is 9.16. The zero-order chi connectivity index (χ0) is 18.8. The zero-order valence-corrected chi connectivity index (χ0v) is 17.0. The molecule has 0 spiro atoms. The fraction of sp³-hybridized carbons (Fsp3) is 0.579. The van der Waals surface area contributed by atoms with E-state index >= 15 is 0 Å². The van der Waals surface area contributed by atoms with Crippen molar-refractivity contribution in [1.82, 2.24) is 25.2 Å². The van der Waals surface area contributed by atoms with Crippen molar-refractivity contribution in [3.05, 3.63) is 38.4 Å². The largest absolute Gasteiger partial charge is 0.331 e. The van der Waals surface area contributed by atoms with E-state index in [1.54, 1.807) is 23.3 Å². The van der Waals surface area contributed by atoms with Crippen molar-refractivity contribution in [3.63, 3.8) is 0 Å². The van der Waals surface area contributed by atoms with Crippen LogP contribution in [0.5, 0.6) is 0 Å². The third-order valence-electron chi connectivity index (χ3n) is 5.07. The molecule has 0 bridgehead atoms. The number of hydrogen-bond acceptors (Lipinski definition) is 5. The minimum Gasteiger partial charge on any atom is -0.331 e. The molecule has 2 aromatic rings. The van der Waals surface area contributed by atoms with Crippen LogP contribution in [-0.2, 0) is 19.4 Å². The molecule has 2 amide bonds. The molecule has 2 aromatic heterocycles. The van der Waals surface area contributed by atoms with E-state index in [9.17, 15) is 4.79 Å². The normalized spacial score (nSPS) is 14.7. The van der Waals surface area contributed by atoms with Gasteiger partial charge in [0.25, 0.3) is 0 Å². The average Bonchev–Trinajstić information content (AvgIpc) is 2.96. The molecule has 2 heterocycles. The predicted octanol–water partition coefficient (Wildman–Crippen LogP) is 3.64. The number of nitrogens with zero attached hydrogens (tertiary/aromatic N) is 4. The molecule has 0 fully saturated rings. The molecule has 1 unspecified atom stereocenters. The van der Waals surface area contributed by atoms with E-state index < -0.39 is 0 Å². The van der Waals surface area contributed by atoms with Crippen LogP contribution in [0.4, 0.5) is 4.79 Å². The summed E-state index contributed by atoms with van der Waals surface area (Å²) in [6, 6.07) is -0.215. The number of urea groups is 1. The Balaban J connectivity index is 1.65. The van der Waals surface area contributed by atoms with Gasteiger partial charge < -0.3 is 10.2 Å². The third kappa shape index (κ3) is 3.87. The Kier molecular flexibility index (Phi) is 5.55. The van der Waals surface area contributed by atoms with Gasteiger partial charge in [-0.25, -0.2) is 19.7 Å². The van der Waals surface area contributed by atoms with E-state index in [0.29, 0.717) is 12.4 Å². The summed E-state index contributed by atoms with van der Waals surface area (Å²) >= 11 is 1.66. The van der Waals surface area contributed by atoms with Gasteiger partial charge in [0.05, 0.1) is 23.3 Å². The third-order valence-corrected chi connectivity index (χ3v) is 5.97. The Labute approximate surface area is 159 Å². The van der Waals surface area contributed by atoms with Gasteiger partial charge in [-0.2, -0.15) is 0 Å². The highest BCUT2D eigenvalue weighted by molar-refractivity contribution is 7.11. The molecule has 0 saturated heterocycles. The number of rotatable bonds is 4. The summed E-state index contributed by atoms with van der Waals surface area (Å²) in [4.78, 5) is 29.2. The molecule has 0 saturated carbocycles. The topological polar surface area (TPSA) is 71.0 Å². The highest BCUT2D eigenvalue weighted by atomic mass is 32.1. The number of carbonyl (C=O) groups excluding carboxylic acids is 1. The number of carbonyl (C=O) groups is 1. The van der Waals surface area contributed by atoms with Gasteiger partial charge in [0.1, 0.15) is 5.82 Å². The first-order chi connectivity index (χ1) is 12.4. The Morgan fingerprint density at radius 2 is 1.92 bits per heavy atom. The van der Waals surface area contributed by atoms with Gasteiger partial charge in [-0.3, -0.25) is 0 Å². The van der Waals surface area contributed by atoms with Crippen molar-refractivity contribution in [2.24, 2.45) is 0 Å². The molecule has 0 aliphatic heterocycles. The second-order valence-electron chi connectivity index (χ2n) is 6.98. The van der Waals surface area contributed by atoms with Crippen molar-refractivity contribution in [2.45, 2.75) is 66.0 Å². The lowest BCUT2D eigenvalue weighted by Crippen LogP contribution is -2.39. The minimum atomic E-state index is -0.137. The minimum absolute atomic E-state index is 0.0777. The molecule has 0 aromatic carbocycles. The lowest BCUT2D eigenvalue weighted by Gasteiger charge is -2.24. The molecule has 7 heteroatoms. The van der Waals surface area contributed by atoms with E-state index in [-0.39, 0.29) is 12.1 Å². The Bertz CT molecular complexity index is 817. The van der Waals surface area contributed by atoms with Crippen molar-refractivity contribution in [2.75, 3.05) is 7.05 Å². The van der Waals surface area contributed by atoms with Gasteiger partial charge >= 0.3 is 6.03 Å². The van der Waals surface area contributed by atoms with Crippen LogP contribution < -0.4 is 5.32 Å². The summed E-state index contributed by atoms with van der Waals surface area (Å²) in [5, 5.41) is 3.97. The zero-order valence-electron chi connectivity index (χ0n) is 16.2. The molecular formula is C19H27N5OS. The molecule has 0 radical (unpaired) electrons. The maximum atomic E-state index is 12.6. The van der Waals surface area contributed by atoms with Crippen LogP contribution >= 0.6 is 11.3 Å². The summed E-state index contributed by atoms with van der Waals surface area (Å²) < 4.78 is 0. The van der Waals surface area contributed by atoms with Crippen LogP contribution in [0.25, 0.3) is 0 Å². The Morgan fingerprint density at radius 1 is 1.19 bits per heavy atom. The Morgan fingerprint density at radius 3 is 2.62 bits per heavy atom. The molecule has 1 atom stereocenters. The number of thiazole rings is 1. The maximum Gasteiger partial charge on any atom is 0.318 e. The number of aryl methyl sites for hydroxylation is 4. The van der Waals surface area contributed by atoms with Crippen molar-refractivity contribution in [1.29, 1.82) is 0 Å². The van der Waals surface area contributed by atoms with Crippen molar-refractivity contribution >= 4 is 17.4 Å². The number of amides is 2. The van der Waals surface area contributed by atoms with Crippen LogP contribution in [0.15, 0.2) is 0 Å². The van der Waals surface area contributed by atoms with Gasteiger partial charge in [0.15, 0.2) is 0 Å². The standard InChI is InChI=1S/C19H27N5OS/c1-11-15-8-6-7-9-16(15)23-17(21-11)10-20-19(25)24(5)12(2)18-13(3)26-14(4)22-18/h12H,6-10H2,1-5H3,(H,20,25). The summed E-state index contributed by atoms with van der Waals surface area (Å²) in [6.45, 7) is 8.42. The summed E-state index contributed by atoms with van der Waals surface area (Å²) in [5.41, 5.74) is 4.47. The summed E-state index contributed by atoms with van der Waals surface area (Å²) in [6.07, 6.45) is 4.48. The molecule has 1 aliphatic carbocycles. The fourth-order valence-corrected chi connectivity index (χ4v) is 4.40. The molecule has 140 valence electrons. The number of aromatic nitrogens is 3. The van der Waals surface area contributed by atoms with E-state index in [4.69, 9.17) is 0 Å². The first kappa shape index (κ1) is 18.8. The van der Waals surface area contributed by atoms with Crippen LogP contribution in [0, 0.1) is 20.8 Å². The lowest BCUT2D eigenvalue weighted by atomic mass is 9.95. The van der Waals surface area contributed by atoms with Crippen LogP contribution in [0.3, 0.4) is 0 Å². The van der Waals surface area contributed by atoms with E-state index in [0.717, 1.165) is 39.8 Å². The van der Waals surface area contributed by atoms with Crippen molar-refractivity contribution in [3.8, 4) is 0 Å². The molecule has 6 nitrogen and oxygen atoms in total. The van der Waals surface area contributed by atoms with Crippen LogP contribution in [-0.4, -0.2) is 32.9 Å². The number of nitrogens with one attached hydrogen (secondary N) is 1. The molecular weight excluding hydrogens is 346 g/mol.